The average molecular weight is 238 g/mol. The Hall–Kier alpha value is -1.28. The van der Waals surface area contributed by atoms with Gasteiger partial charge in [-0.25, -0.2) is 0 Å². The third-order valence-electron chi connectivity index (χ3n) is 1.75. The van der Waals surface area contributed by atoms with Crippen LogP contribution in [0.2, 0.25) is 0 Å². The van der Waals surface area contributed by atoms with Crippen LogP contribution >= 0.6 is 11.8 Å². The number of imide groups is 1. The summed E-state index contributed by atoms with van der Waals surface area (Å²) >= 11 is 0.981. The van der Waals surface area contributed by atoms with Gasteiger partial charge in [-0.1, -0.05) is 0 Å². The number of carbonyl (C=O) groups is 3. The van der Waals surface area contributed by atoms with E-state index in [0.29, 0.717) is 0 Å². The van der Waals surface area contributed by atoms with Crippen LogP contribution in [0, 0.1) is 0 Å². The van der Waals surface area contributed by atoms with Crippen molar-refractivity contribution < 1.29 is 34.2 Å². The predicted octanol–water partition coefficient (Wildman–Crippen LogP) is 0.607. The molecular weight excluding hydrogens is 226 g/mol. The smallest absolute Gasteiger partial charge is 0.481 e. The molecule has 0 heterocycles. The van der Waals surface area contributed by atoms with Gasteiger partial charge in [0.2, 0.25) is 0 Å². The normalized spacial score (nSPS) is 11.0. The summed E-state index contributed by atoms with van der Waals surface area (Å²) in [6.45, 7) is -0.164. The van der Waals surface area contributed by atoms with Crippen LogP contribution in [0.1, 0.15) is 0 Å². The number of rotatable bonds is 5. The Balaban J connectivity index is 4.15. The van der Waals surface area contributed by atoms with Gasteiger partial charge < -0.3 is 15.3 Å². The van der Waals surface area contributed by atoms with E-state index in [0.717, 1.165) is 18.8 Å². The highest BCUT2D eigenvalue weighted by Gasteiger charge is 2.40. The Bertz CT molecular complexity index is 265. The van der Waals surface area contributed by atoms with E-state index < -0.39 is 22.6 Å². The number of quaternary nitrogens is 1. The zero-order chi connectivity index (χ0) is 12.1. The fourth-order valence-electron chi connectivity index (χ4n) is 0.680. The van der Waals surface area contributed by atoms with E-state index in [1.165, 1.54) is 0 Å². The molecule has 86 valence electrons. The maximum atomic E-state index is 10.7. The summed E-state index contributed by atoms with van der Waals surface area (Å²) < 4.78 is -1.16. The van der Waals surface area contributed by atoms with Crippen molar-refractivity contribution in [3.63, 3.8) is 0 Å². The molecule has 0 unspecified atom stereocenters. The Morgan fingerprint density at radius 3 is 1.93 bits per heavy atom. The topological polar surface area (TPSA) is 112 Å². The van der Waals surface area contributed by atoms with Crippen molar-refractivity contribution in [2.24, 2.45) is 0 Å². The number of nitrogens with zero attached hydrogens (tertiary/aromatic N) is 1. The van der Waals surface area contributed by atoms with Gasteiger partial charge in [0.1, 0.15) is 6.54 Å². The van der Waals surface area contributed by atoms with Crippen LogP contribution in [0.25, 0.3) is 0 Å². The number of hydrogen-bond donors (Lipinski definition) is 3. The number of carboxylic acid groups (broad SMARTS) is 3. The van der Waals surface area contributed by atoms with Crippen LogP contribution in [-0.2, 0) is 4.79 Å². The molecule has 15 heavy (non-hydrogen) atoms. The van der Waals surface area contributed by atoms with Crippen LogP contribution < -0.4 is 0 Å². The molecule has 0 fully saturated rings. The highest BCUT2D eigenvalue weighted by Crippen LogP contribution is 2.08. The zero-order valence-corrected chi connectivity index (χ0v) is 8.86. The lowest BCUT2D eigenvalue weighted by Crippen LogP contribution is -2.53. The SMILES string of the molecule is C[N+](CCSCC(=O)O)(C(=O)O)C(=O)O. The van der Waals surface area contributed by atoms with E-state index in [1.807, 2.05) is 0 Å². The van der Waals surface area contributed by atoms with Crippen molar-refractivity contribution in [3.05, 3.63) is 0 Å². The van der Waals surface area contributed by atoms with Crippen molar-refractivity contribution in [3.8, 4) is 0 Å². The Morgan fingerprint density at radius 2 is 1.60 bits per heavy atom. The second-order valence-electron chi connectivity index (χ2n) is 2.93. The number of carboxylic acids is 1. The molecule has 0 aromatic heterocycles. The van der Waals surface area contributed by atoms with Crippen LogP contribution in [-0.4, -0.2) is 63.1 Å². The zero-order valence-electron chi connectivity index (χ0n) is 8.04. The molecule has 0 aromatic carbocycles. The summed E-state index contributed by atoms with van der Waals surface area (Å²) in [5, 5.41) is 25.7. The Kier molecular flexibility index (Phi) is 5.09. The third kappa shape index (κ3) is 4.17. The molecule has 0 rings (SSSR count). The van der Waals surface area contributed by atoms with Gasteiger partial charge in [0.15, 0.2) is 0 Å². The van der Waals surface area contributed by atoms with Crippen LogP contribution in [0.5, 0.6) is 0 Å². The first-order valence-corrected chi connectivity index (χ1v) is 5.08. The maximum absolute atomic E-state index is 10.7. The summed E-state index contributed by atoms with van der Waals surface area (Å²) in [5.74, 6) is -1.03. The first-order chi connectivity index (χ1) is 6.80. The molecule has 0 aliphatic carbocycles. The van der Waals surface area contributed by atoms with Gasteiger partial charge in [-0.3, -0.25) is 4.79 Å². The minimum Gasteiger partial charge on any atom is -0.481 e. The lowest BCUT2D eigenvalue weighted by atomic mass is 10.5. The molecule has 7 nitrogen and oxygen atoms in total. The second kappa shape index (κ2) is 5.56. The molecular formula is C7H12NO6S+. The van der Waals surface area contributed by atoms with Gasteiger partial charge in [0, 0.05) is 5.75 Å². The number of thioether (sulfide) groups is 1. The van der Waals surface area contributed by atoms with E-state index in [2.05, 4.69) is 0 Å². The summed E-state index contributed by atoms with van der Waals surface area (Å²) in [6.07, 6.45) is -2.95. The lowest BCUT2D eigenvalue weighted by molar-refractivity contribution is -0.759. The second-order valence-corrected chi connectivity index (χ2v) is 4.03. The summed E-state index contributed by atoms with van der Waals surface area (Å²) in [5.41, 5.74) is 0. The molecule has 8 heteroatoms. The van der Waals surface area contributed by atoms with Gasteiger partial charge in [-0.15, -0.1) is 16.2 Å². The first-order valence-electron chi connectivity index (χ1n) is 3.92. The molecule has 0 aliphatic rings. The highest BCUT2D eigenvalue weighted by molar-refractivity contribution is 7.99. The Labute approximate surface area is 89.9 Å². The standard InChI is InChI=1S/C7H11NO6S/c1-8(6(11)12,7(13)14)2-3-15-4-5(9)10/h2-4H2,1H3,(H2-,9,10,11,12,13,14)/p+1. The van der Waals surface area contributed by atoms with E-state index in [4.69, 9.17) is 15.3 Å². The fraction of sp³-hybridized carbons (Fsp3) is 0.571. The van der Waals surface area contributed by atoms with Crippen molar-refractivity contribution in [2.45, 2.75) is 0 Å². The molecule has 2 amide bonds. The largest absolute Gasteiger partial charge is 0.524 e. The molecule has 0 saturated carbocycles. The van der Waals surface area contributed by atoms with Gasteiger partial charge in [-0.05, 0) is 0 Å². The van der Waals surface area contributed by atoms with Gasteiger partial charge >= 0.3 is 18.2 Å². The summed E-state index contributed by atoms with van der Waals surface area (Å²) in [7, 11) is 1.05. The molecule has 0 bridgehead atoms. The molecule has 3 N–H and O–H groups in total. The molecule has 0 aliphatic heterocycles. The summed E-state index contributed by atoms with van der Waals surface area (Å²) in [6, 6.07) is 0. The molecule has 0 atom stereocenters. The van der Waals surface area contributed by atoms with Crippen LogP contribution in [0.3, 0.4) is 0 Å². The van der Waals surface area contributed by atoms with E-state index in [9.17, 15) is 14.4 Å². The van der Waals surface area contributed by atoms with Crippen LogP contribution in [0.15, 0.2) is 0 Å². The van der Waals surface area contributed by atoms with Crippen LogP contribution in [0.4, 0.5) is 9.59 Å². The minimum atomic E-state index is -1.47. The van der Waals surface area contributed by atoms with Crippen molar-refractivity contribution in [1.29, 1.82) is 0 Å². The number of hydrogen-bond acceptors (Lipinski definition) is 4. The monoisotopic (exact) mass is 238 g/mol. The molecule has 0 saturated heterocycles. The van der Waals surface area contributed by atoms with Crippen molar-refractivity contribution >= 4 is 29.9 Å². The third-order valence-corrected chi connectivity index (χ3v) is 2.68. The number of aliphatic carboxylic acids is 1. The average Bonchev–Trinajstić information content (AvgIpc) is 2.10. The Morgan fingerprint density at radius 1 is 1.13 bits per heavy atom. The first kappa shape index (κ1) is 13.7. The van der Waals surface area contributed by atoms with Crippen molar-refractivity contribution in [1.82, 2.24) is 0 Å². The maximum Gasteiger partial charge on any atom is 0.524 e. The van der Waals surface area contributed by atoms with Crippen molar-refractivity contribution in [2.75, 3.05) is 25.1 Å². The molecule has 0 radical (unpaired) electrons. The lowest BCUT2D eigenvalue weighted by Gasteiger charge is -2.20. The summed E-state index contributed by atoms with van der Waals surface area (Å²) in [4.78, 5) is 31.4. The van der Waals surface area contributed by atoms with Gasteiger partial charge in [0.05, 0.1) is 12.8 Å². The number of amides is 2. The predicted molar refractivity (Wildman–Crippen MR) is 52.1 cm³/mol. The fourth-order valence-corrected chi connectivity index (χ4v) is 1.49. The van der Waals surface area contributed by atoms with E-state index in [-0.39, 0.29) is 18.1 Å². The van der Waals surface area contributed by atoms with E-state index in [1.54, 1.807) is 0 Å². The van der Waals surface area contributed by atoms with E-state index >= 15 is 0 Å². The molecule has 0 spiro atoms. The van der Waals surface area contributed by atoms with Gasteiger partial charge in [0.25, 0.3) is 0 Å². The molecule has 0 aromatic rings. The highest BCUT2D eigenvalue weighted by atomic mass is 32.2. The minimum absolute atomic E-state index is 0.154. The van der Waals surface area contributed by atoms with Gasteiger partial charge in [-0.2, -0.15) is 9.59 Å². The quantitative estimate of drug-likeness (QED) is 0.475.